The van der Waals surface area contributed by atoms with Crippen LogP contribution in [0.5, 0.6) is 5.75 Å². The highest BCUT2D eigenvalue weighted by molar-refractivity contribution is 7.84. The van der Waals surface area contributed by atoms with Crippen molar-refractivity contribution < 1.29 is 48.6 Å². The topological polar surface area (TPSA) is 214 Å². The van der Waals surface area contributed by atoms with Gasteiger partial charge < -0.3 is 49.3 Å². The van der Waals surface area contributed by atoms with Crippen molar-refractivity contribution in [2.24, 2.45) is 0 Å². The highest BCUT2D eigenvalue weighted by Gasteiger charge is 2.29. The van der Waals surface area contributed by atoms with Gasteiger partial charge in [0.25, 0.3) is 5.91 Å². The number of aliphatic hydroxyl groups is 1. The fourth-order valence-electron chi connectivity index (χ4n) is 7.02. The Morgan fingerprint density at radius 2 is 1.64 bits per heavy atom. The molecule has 1 N–H and O–H groups in total. The second-order valence-electron chi connectivity index (χ2n) is 14.1. The largest absolute Gasteiger partial charge is 0.550 e. The molecule has 1 aliphatic heterocycles. The summed E-state index contributed by atoms with van der Waals surface area (Å²) in [5.74, 6) is -5.02. The number of nitriles is 1. The number of methoxy groups -OCH3 is 1. The summed E-state index contributed by atoms with van der Waals surface area (Å²) in [6.07, 6.45) is 1.79. The van der Waals surface area contributed by atoms with Crippen molar-refractivity contribution >= 4 is 68.6 Å². The molecule has 58 heavy (non-hydrogen) atoms. The van der Waals surface area contributed by atoms with E-state index in [1.54, 1.807) is 24.3 Å². The van der Waals surface area contributed by atoms with Gasteiger partial charge in [-0.25, -0.2) is 0 Å². The van der Waals surface area contributed by atoms with E-state index in [9.17, 15) is 44.0 Å². The van der Waals surface area contributed by atoms with Gasteiger partial charge in [0, 0.05) is 61.0 Å². The van der Waals surface area contributed by atoms with Gasteiger partial charge in [-0.05, 0) is 103 Å². The Labute approximate surface area is 348 Å². The number of rotatable bonds is 15. The number of carboxylic acids is 3. The lowest BCUT2D eigenvalue weighted by molar-refractivity contribution is -0.339. The number of likely N-dealkylation sites (N-methyl/N-ethyl adjacent to an activating group) is 1. The molecule has 5 rings (SSSR count). The summed E-state index contributed by atoms with van der Waals surface area (Å²) >= 11 is 12.7. The summed E-state index contributed by atoms with van der Waals surface area (Å²) in [6, 6.07) is 25.0. The van der Waals surface area contributed by atoms with E-state index in [0.29, 0.717) is 33.6 Å². The normalized spacial score (nSPS) is 14.4. The molecular formula is C42H42Cl2N3O10S-3. The maximum atomic E-state index is 13.8. The number of benzene rings is 4. The number of halogens is 2. The predicted molar refractivity (Wildman–Crippen MR) is 212 cm³/mol. The molecule has 308 valence electrons. The van der Waals surface area contributed by atoms with Crippen molar-refractivity contribution in [2.75, 3.05) is 46.6 Å². The van der Waals surface area contributed by atoms with Crippen molar-refractivity contribution in [3.63, 3.8) is 0 Å². The van der Waals surface area contributed by atoms with E-state index in [2.05, 4.69) is 17.0 Å². The summed E-state index contributed by atoms with van der Waals surface area (Å²) in [6.45, 7) is 3.21. The predicted octanol–water partition coefficient (Wildman–Crippen LogP) is 2.64. The number of hydrogen-bond donors (Lipinski definition) is 1. The Balaban J connectivity index is 0.000000492. The van der Waals surface area contributed by atoms with Gasteiger partial charge in [-0.3, -0.25) is 9.00 Å². The van der Waals surface area contributed by atoms with Crippen molar-refractivity contribution in [1.29, 1.82) is 5.26 Å². The van der Waals surface area contributed by atoms with Crippen LogP contribution in [0.25, 0.3) is 10.8 Å². The van der Waals surface area contributed by atoms with Crippen LogP contribution in [0.2, 0.25) is 10.0 Å². The van der Waals surface area contributed by atoms with Crippen LogP contribution in [-0.4, -0.2) is 95.1 Å². The van der Waals surface area contributed by atoms with E-state index in [1.165, 1.54) is 0 Å². The Hall–Kier alpha value is -5.04. The average Bonchev–Trinajstić information content (AvgIpc) is 3.19. The van der Waals surface area contributed by atoms with Gasteiger partial charge in [-0.15, -0.1) is 0 Å². The summed E-state index contributed by atoms with van der Waals surface area (Å²) < 4.78 is 17.9. The Bertz CT molecular complexity index is 2210. The molecule has 16 heteroatoms. The van der Waals surface area contributed by atoms with Crippen molar-refractivity contribution in [3.8, 4) is 11.8 Å². The molecule has 1 saturated heterocycles. The summed E-state index contributed by atoms with van der Waals surface area (Å²) in [5, 5.41) is 51.2. The van der Waals surface area contributed by atoms with E-state index in [0.717, 1.165) is 71.4 Å². The van der Waals surface area contributed by atoms with Crippen LogP contribution < -0.4 is 20.1 Å². The molecule has 0 bridgehead atoms. The number of likely N-dealkylation sites (tertiary alicyclic amines) is 1. The lowest BCUT2D eigenvalue weighted by Gasteiger charge is -2.34. The number of piperidine rings is 1. The van der Waals surface area contributed by atoms with E-state index in [1.807, 2.05) is 67.7 Å². The Morgan fingerprint density at radius 1 is 0.983 bits per heavy atom. The molecule has 4 aromatic rings. The first-order valence-corrected chi connectivity index (χ1v) is 20.5. The minimum atomic E-state index is -2.97. The SMILES string of the molecule is COc1ccc(C2CCN(CCC(CN(C)C(=O)c3cc(C#N)cc4ccccc34)c3ccc(Cl)c(Cl)c3)CC2)c(S(C)=O)c1.O=C([O-])CC(O)(CC(=O)[O-])C(=O)[O-]. The summed E-state index contributed by atoms with van der Waals surface area (Å²) in [5.41, 5.74) is 0.188. The van der Waals surface area contributed by atoms with Crippen LogP contribution in [0.3, 0.4) is 0 Å². The van der Waals surface area contributed by atoms with Crippen LogP contribution in [0.15, 0.2) is 77.7 Å². The molecule has 1 fully saturated rings. The molecule has 2 unspecified atom stereocenters. The van der Waals surface area contributed by atoms with Crippen LogP contribution >= 0.6 is 23.2 Å². The lowest BCUT2D eigenvalue weighted by atomic mass is 9.88. The first-order chi connectivity index (χ1) is 27.5. The van der Waals surface area contributed by atoms with E-state index in [4.69, 9.17) is 33.0 Å². The number of carbonyl (C=O) groups excluding carboxylic acids is 4. The first-order valence-electron chi connectivity index (χ1n) is 18.2. The molecule has 0 spiro atoms. The third-order valence-electron chi connectivity index (χ3n) is 10.1. The van der Waals surface area contributed by atoms with Crippen LogP contribution in [-0.2, 0) is 25.2 Å². The van der Waals surface area contributed by atoms with Crippen LogP contribution in [0.4, 0.5) is 0 Å². The fraction of sp³-hybridized carbons (Fsp3) is 0.357. The molecule has 1 aliphatic rings. The number of carbonyl (C=O) groups is 4. The minimum Gasteiger partial charge on any atom is -0.550 e. The number of nitrogens with zero attached hydrogens (tertiary/aromatic N) is 3. The number of aliphatic carboxylic acids is 3. The van der Waals surface area contributed by atoms with Crippen LogP contribution in [0.1, 0.15) is 71.0 Å². The molecule has 0 aromatic heterocycles. The Morgan fingerprint density at radius 3 is 2.21 bits per heavy atom. The maximum Gasteiger partial charge on any atom is 0.254 e. The molecule has 4 aromatic carbocycles. The molecular weight excluding hydrogens is 809 g/mol. The van der Waals surface area contributed by atoms with Crippen molar-refractivity contribution in [3.05, 3.63) is 105 Å². The molecule has 1 amide bonds. The molecule has 13 nitrogen and oxygen atoms in total. The molecule has 1 heterocycles. The average molecular weight is 852 g/mol. The zero-order chi connectivity index (χ0) is 42.7. The first kappa shape index (κ1) is 45.7. The summed E-state index contributed by atoms with van der Waals surface area (Å²) in [7, 11) is 2.35. The molecule has 2 atom stereocenters. The monoisotopic (exact) mass is 850 g/mol. The summed E-state index contributed by atoms with van der Waals surface area (Å²) in [4.78, 5) is 48.9. The van der Waals surface area contributed by atoms with Crippen LogP contribution in [0, 0.1) is 11.3 Å². The fourth-order valence-corrected chi connectivity index (χ4v) is 8.17. The zero-order valence-corrected chi connectivity index (χ0v) is 34.4. The highest BCUT2D eigenvalue weighted by atomic mass is 35.5. The second-order valence-corrected chi connectivity index (χ2v) is 16.3. The quantitative estimate of drug-likeness (QED) is 0.183. The number of carboxylic acid groups (broad SMARTS) is 3. The number of hydrogen-bond acceptors (Lipinski definition) is 12. The second kappa shape index (κ2) is 20.6. The standard InChI is InChI=1S/C36H37Cl2N3O3S.C6H8O7/c1-40(36(42)32-19-24(22-39)18-27-6-4-5-7-30(27)32)23-28(26-8-11-33(37)34(38)20-26)14-17-41-15-12-25(13-16-41)31-10-9-29(44-2)21-35(31)45(3)43;7-3(8)1-6(13,5(11)12)2-4(9)10/h4-11,18-21,25,28H,12-17,23H2,1-3H3;13H,1-2H2,(H,7,8)(H,9,10)(H,11,12)/p-3. The van der Waals surface area contributed by atoms with Gasteiger partial charge in [-0.1, -0.05) is 59.6 Å². The van der Waals surface area contributed by atoms with Gasteiger partial charge in [0.15, 0.2) is 0 Å². The molecule has 0 radical (unpaired) electrons. The van der Waals surface area contributed by atoms with Gasteiger partial charge in [0.05, 0.1) is 45.6 Å². The van der Waals surface area contributed by atoms with Crippen molar-refractivity contribution in [1.82, 2.24) is 9.80 Å². The van der Waals surface area contributed by atoms with Gasteiger partial charge >= 0.3 is 0 Å². The minimum absolute atomic E-state index is 0.0209. The third kappa shape index (κ3) is 12.0. The highest BCUT2D eigenvalue weighted by Crippen LogP contribution is 2.35. The smallest absolute Gasteiger partial charge is 0.254 e. The van der Waals surface area contributed by atoms with Gasteiger partial charge in [0.2, 0.25) is 0 Å². The zero-order valence-electron chi connectivity index (χ0n) is 32.1. The Kier molecular flexibility index (Phi) is 16.2. The third-order valence-corrected chi connectivity index (χ3v) is 11.8. The van der Waals surface area contributed by atoms with E-state index >= 15 is 0 Å². The van der Waals surface area contributed by atoms with Gasteiger partial charge in [0.1, 0.15) is 11.4 Å². The molecule has 0 aliphatic carbocycles. The van der Waals surface area contributed by atoms with E-state index < -0.39 is 47.2 Å². The van der Waals surface area contributed by atoms with Gasteiger partial charge in [-0.2, -0.15) is 5.26 Å². The number of fused-ring (bicyclic) bond motifs is 1. The maximum absolute atomic E-state index is 13.8. The molecule has 0 saturated carbocycles. The lowest BCUT2D eigenvalue weighted by Crippen LogP contribution is -2.54. The van der Waals surface area contributed by atoms with Crippen molar-refractivity contribution in [2.45, 2.75) is 54.4 Å². The number of ether oxygens (including phenoxy) is 1. The number of amides is 1. The van der Waals surface area contributed by atoms with E-state index in [-0.39, 0.29) is 11.8 Å².